The van der Waals surface area contributed by atoms with Crippen LogP contribution in [0.5, 0.6) is 0 Å². The fourth-order valence-corrected chi connectivity index (χ4v) is 4.61. The number of halogens is 1. The Morgan fingerprint density at radius 3 is 2.61 bits per heavy atom. The molecule has 1 aliphatic rings. The van der Waals surface area contributed by atoms with Crippen molar-refractivity contribution in [2.24, 2.45) is 0 Å². The topological polar surface area (TPSA) is 62.3 Å². The monoisotopic (exact) mass is 355 g/mol. The summed E-state index contributed by atoms with van der Waals surface area (Å²) in [6, 6.07) is 7.72. The third-order valence-electron chi connectivity index (χ3n) is 4.29. The zero-order valence-corrected chi connectivity index (χ0v) is 15.0. The third-order valence-corrected chi connectivity index (χ3v) is 6.22. The summed E-state index contributed by atoms with van der Waals surface area (Å²) >= 11 is 0. The quantitative estimate of drug-likeness (QED) is 0.918. The number of fused-ring (bicyclic) bond motifs is 1. The van der Waals surface area contributed by atoms with E-state index >= 15 is 0 Å². The summed E-state index contributed by atoms with van der Waals surface area (Å²) in [5.74, 6) is 0. The zero-order chi connectivity index (χ0) is 15.7. The lowest BCUT2D eigenvalue weighted by atomic mass is 10.1. The van der Waals surface area contributed by atoms with Crippen LogP contribution in [-0.4, -0.2) is 43.9 Å². The lowest BCUT2D eigenvalue weighted by Crippen LogP contribution is -2.43. The van der Waals surface area contributed by atoms with Gasteiger partial charge in [-0.15, -0.1) is 12.4 Å². The van der Waals surface area contributed by atoms with Gasteiger partial charge in [-0.25, -0.2) is 8.42 Å². The highest BCUT2D eigenvalue weighted by Gasteiger charge is 2.30. The molecule has 7 heteroatoms. The van der Waals surface area contributed by atoms with E-state index in [4.69, 9.17) is 0 Å². The van der Waals surface area contributed by atoms with E-state index < -0.39 is 10.0 Å². The molecule has 1 saturated heterocycles. The summed E-state index contributed by atoms with van der Waals surface area (Å²) in [6.45, 7) is 3.06. The maximum absolute atomic E-state index is 12.9. The third kappa shape index (κ3) is 3.50. The summed E-state index contributed by atoms with van der Waals surface area (Å²) in [4.78, 5) is 4.67. The first-order valence-electron chi connectivity index (χ1n) is 7.55. The average molecular weight is 356 g/mol. The van der Waals surface area contributed by atoms with E-state index in [-0.39, 0.29) is 12.4 Å². The molecule has 0 bridgehead atoms. The standard InChI is InChI=1S/C16H21N3O2S.ClH/c1-12-10-13-4-3-5-15(16(13)18-11-12)22(20,21)19-8-6-14(17-2)7-9-19;/h3-5,10-11,14,17H,6-9H2,1-2H3;1H. The molecule has 1 fully saturated rings. The Morgan fingerprint density at radius 1 is 1.26 bits per heavy atom. The predicted molar refractivity (Wildman–Crippen MR) is 94.6 cm³/mol. The molecule has 1 aromatic carbocycles. The molecule has 5 nitrogen and oxygen atoms in total. The van der Waals surface area contributed by atoms with E-state index in [0.717, 1.165) is 23.8 Å². The van der Waals surface area contributed by atoms with Gasteiger partial charge < -0.3 is 5.32 Å². The van der Waals surface area contributed by atoms with Crippen LogP contribution in [0.15, 0.2) is 35.4 Å². The molecule has 1 N–H and O–H groups in total. The SMILES string of the molecule is CNC1CCN(S(=O)(=O)c2cccc3cc(C)cnc23)CC1.Cl. The summed E-state index contributed by atoms with van der Waals surface area (Å²) in [6.07, 6.45) is 3.40. The zero-order valence-electron chi connectivity index (χ0n) is 13.3. The van der Waals surface area contributed by atoms with E-state index in [9.17, 15) is 8.42 Å². The van der Waals surface area contributed by atoms with Gasteiger partial charge in [-0.05, 0) is 44.5 Å². The van der Waals surface area contributed by atoms with E-state index in [2.05, 4.69) is 10.3 Å². The Bertz CT molecular complexity index is 787. The van der Waals surface area contributed by atoms with Gasteiger partial charge >= 0.3 is 0 Å². The lowest BCUT2D eigenvalue weighted by molar-refractivity contribution is 0.298. The molecule has 2 heterocycles. The van der Waals surface area contributed by atoms with E-state index in [0.29, 0.717) is 29.5 Å². The number of nitrogens with one attached hydrogen (secondary N) is 1. The van der Waals surface area contributed by atoms with Crippen molar-refractivity contribution in [1.29, 1.82) is 0 Å². The number of hydrogen-bond donors (Lipinski definition) is 1. The second-order valence-electron chi connectivity index (χ2n) is 5.81. The molecule has 1 aliphatic heterocycles. The largest absolute Gasteiger partial charge is 0.317 e. The average Bonchev–Trinajstić information content (AvgIpc) is 2.54. The number of benzene rings is 1. The van der Waals surface area contributed by atoms with Gasteiger partial charge in [0.15, 0.2) is 0 Å². The predicted octanol–water partition coefficient (Wildman–Crippen LogP) is 2.34. The van der Waals surface area contributed by atoms with Crippen molar-refractivity contribution in [3.63, 3.8) is 0 Å². The highest BCUT2D eigenvalue weighted by atomic mass is 35.5. The van der Waals surface area contributed by atoms with Gasteiger partial charge in [0, 0.05) is 30.7 Å². The first-order valence-corrected chi connectivity index (χ1v) is 8.99. The van der Waals surface area contributed by atoms with Gasteiger partial charge in [-0.3, -0.25) is 4.98 Å². The fourth-order valence-electron chi connectivity index (χ4n) is 2.97. The Hall–Kier alpha value is -1.21. The first kappa shape index (κ1) is 18.1. The number of para-hydroxylation sites is 1. The number of hydrogen-bond acceptors (Lipinski definition) is 4. The lowest BCUT2D eigenvalue weighted by Gasteiger charge is -2.31. The molecule has 0 atom stereocenters. The van der Waals surface area contributed by atoms with Crippen molar-refractivity contribution in [3.05, 3.63) is 36.0 Å². The molecule has 2 aromatic rings. The number of aromatic nitrogens is 1. The van der Waals surface area contributed by atoms with E-state index in [1.54, 1.807) is 22.6 Å². The number of sulfonamides is 1. The molecular weight excluding hydrogens is 334 g/mol. The molecule has 0 saturated carbocycles. The van der Waals surface area contributed by atoms with Crippen LogP contribution in [0, 0.1) is 6.92 Å². The minimum absolute atomic E-state index is 0. The smallest absolute Gasteiger partial charge is 0.245 e. The van der Waals surface area contributed by atoms with Crippen LogP contribution in [0.25, 0.3) is 10.9 Å². The van der Waals surface area contributed by atoms with Crippen LogP contribution in [0.1, 0.15) is 18.4 Å². The van der Waals surface area contributed by atoms with Gasteiger partial charge in [-0.1, -0.05) is 12.1 Å². The summed E-state index contributed by atoms with van der Waals surface area (Å²) in [7, 11) is -1.57. The highest BCUT2D eigenvalue weighted by Crippen LogP contribution is 2.26. The Labute approximate surface area is 143 Å². The van der Waals surface area contributed by atoms with Crippen molar-refractivity contribution in [3.8, 4) is 0 Å². The molecule has 23 heavy (non-hydrogen) atoms. The molecule has 0 radical (unpaired) electrons. The minimum atomic E-state index is -3.49. The summed E-state index contributed by atoms with van der Waals surface area (Å²) in [5, 5.41) is 4.08. The highest BCUT2D eigenvalue weighted by molar-refractivity contribution is 7.89. The minimum Gasteiger partial charge on any atom is -0.317 e. The van der Waals surface area contributed by atoms with Crippen LogP contribution in [0.3, 0.4) is 0 Å². The maximum atomic E-state index is 12.9. The van der Waals surface area contributed by atoms with Gasteiger partial charge in [0.25, 0.3) is 0 Å². The van der Waals surface area contributed by atoms with Crippen LogP contribution in [0.4, 0.5) is 0 Å². The number of pyridine rings is 1. The van der Waals surface area contributed by atoms with Crippen molar-refractivity contribution < 1.29 is 8.42 Å². The second-order valence-corrected chi connectivity index (χ2v) is 7.71. The molecular formula is C16H22ClN3O2S. The number of rotatable bonds is 3. The van der Waals surface area contributed by atoms with Crippen molar-refractivity contribution in [2.45, 2.75) is 30.7 Å². The van der Waals surface area contributed by atoms with Crippen LogP contribution < -0.4 is 5.32 Å². The van der Waals surface area contributed by atoms with Gasteiger partial charge in [-0.2, -0.15) is 4.31 Å². The first-order chi connectivity index (χ1) is 10.5. The maximum Gasteiger partial charge on any atom is 0.245 e. The Balaban J connectivity index is 0.00000192. The molecule has 0 aliphatic carbocycles. The number of nitrogens with zero attached hydrogens (tertiary/aromatic N) is 2. The normalized spacial score (nSPS) is 17.1. The fraction of sp³-hybridized carbons (Fsp3) is 0.438. The second kappa shape index (κ2) is 7.13. The summed E-state index contributed by atoms with van der Waals surface area (Å²) in [5.41, 5.74) is 1.58. The Morgan fingerprint density at radius 2 is 1.96 bits per heavy atom. The molecule has 0 amide bonds. The van der Waals surface area contributed by atoms with E-state index in [1.807, 2.05) is 26.1 Å². The molecule has 0 spiro atoms. The van der Waals surface area contributed by atoms with Gasteiger partial charge in [0.2, 0.25) is 10.0 Å². The van der Waals surface area contributed by atoms with Crippen molar-refractivity contribution >= 4 is 33.3 Å². The number of piperidine rings is 1. The summed E-state index contributed by atoms with van der Waals surface area (Å²) < 4.78 is 27.5. The van der Waals surface area contributed by atoms with Crippen LogP contribution >= 0.6 is 12.4 Å². The van der Waals surface area contributed by atoms with Gasteiger partial charge in [0.05, 0.1) is 5.52 Å². The molecule has 1 aromatic heterocycles. The number of aryl methyl sites for hydroxylation is 1. The van der Waals surface area contributed by atoms with Crippen LogP contribution in [-0.2, 0) is 10.0 Å². The van der Waals surface area contributed by atoms with Gasteiger partial charge in [0.1, 0.15) is 4.90 Å². The molecule has 126 valence electrons. The molecule has 3 rings (SSSR count). The Kier molecular flexibility index (Phi) is 5.62. The van der Waals surface area contributed by atoms with Crippen molar-refractivity contribution in [1.82, 2.24) is 14.6 Å². The van der Waals surface area contributed by atoms with Crippen molar-refractivity contribution in [2.75, 3.05) is 20.1 Å². The molecule has 0 unspecified atom stereocenters. The van der Waals surface area contributed by atoms with Crippen LogP contribution in [0.2, 0.25) is 0 Å². The van der Waals surface area contributed by atoms with E-state index in [1.165, 1.54) is 0 Å².